The Kier molecular flexibility index (Phi) is 6.39. The minimum absolute atomic E-state index is 0.255. The topological polar surface area (TPSA) is 35.9 Å². The Morgan fingerprint density at radius 2 is 2.16 bits per heavy atom. The van der Waals surface area contributed by atoms with Crippen LogP contribution in [0.3, 0.4) is 0 Å². The van der Waals surface area contributed by atoms with E-state index >= 15 is 0 Å². The number of fused-ring (bicyclic) bond motifs is 1. The lowest BCUT2D eigenvalue weighted by Crippen LogP contribution is -2.54. The van der Waals surface area contributed by atoms with E-state index in [9.17, 15) is 5.11 Å². The zero-order chi connectivity index (χ0) is 17.8. The Bertz CT molecular complexity index is 618. The standard InChI is InChI=1S/C20H29ClN2O2/c1-15(2)11-23-7-6-22(13-19(23)5-8-24)12-16-9-17-10-18(21)3-4-20(17)25-14-16/h3-4,9-10,15,19,24H,5-8,11-14H2,1-2H3/t19-/m0/s1. The lowest BCUT2D eigenvalue weighted by Gasteiger charge is -2.42. The van der Waals surface area contributed by atoms with E-state index in [0.717, 1.165) is 55.5 Å². The van der Waals surface area contributed by atoms with E-state index in [2.05, 4.69) is 29.7 Å². The molecule has 25 heavy (non-hydrogen) atoms. The molecule has 0 bridgehead atoms. The Morgan fingerprint density at radius 1 is 1.32 bits per heavy atom. The summed E-state index contributed by atoms with van der Waals surface area (Å²) in [5.41, 5.74) is 2.36. The first-order valence-corrected chi connectivity index (χ1v) is 9.62. The maximum atomic E-state index is 9.42. The molecule has 1 N–H and O–H groups in total. The molecule has 1 fully saturated rings. The maximum absolute atomic E-state index is 9.42. The first kappa shape index (κ1) is 18.7. The smallest absolute Gasteiger partial charge is 0.127 e. The second-order valence-corrected chi connectivity index (χ2v) is 8.00. The zero-order valence-corrected chi connectivity index (χ0v) is 16.0. The average molecular weight is 365 g/mol. The van der Waals surface area contributed by atoms with E-state index in [1.807, 2.05) is 18.2 Å². The Labute approximate surface area is 156 Å². The van der Waals surface area contributed by atoms with Gasteiger partial charge in [0, 0.05) is 56.0 Å². The van der Waals surface area contributed by atoms with E-state index in [-0.39, 0.29) is 6.61 Å². The normalized spacial score (nSPS) is 21.8. The average Bonchev–Trinajstić information content (AvgIpc) is 2.57. The number of halogens is 1. The number of aliphatic hydroxyl groups excluding tert-OH is 1. The van der Waals surface area contributed by atoms with Crippen LogP contribution in [0.5, 0.6) is 5.75 Å². The third-order valence-electron chi connectivity index (χ3n) is 4.92. The second-order valence-electron chi connectivity index (χ2n) is 7.56. The molecular formula is C20H29ClN2O2. The Hall–Kier alpha value is -1.07. The summed E-state index contributed by atoms with van der Waals surface area (Å²) >= 11 is 6.10. The minimum Gasteiger partial charge on any atom is -0.489 e. The monoisotopic (exact) mass is 364 g/mol. The van der Waals surface area contributed by atoms with Gasteiger partial charge in [-0.3, -0.25) is 9.80 Å². The van der Waals surface area contributed by atoms with Crippen molar-refractivity contribution in [2.45, 2.75) is 26.3 Å². The van der Waals surface area contributed by atoms with Gasteiger partial charge in [-0.2, -0.15) is 0 Å². The fourth-order valence-electron chi connectivity index (χ4n) is 3.81. The molecule has 0 spiro atoms. The van der Waals surface area contributed by atoms with Crippen LogP contribution in [0.4, 0.5) is 0 Å². The fraction of sp³-hybridized carbons (Fsp3) is 0.600. The van der Waals surface area contributed by atoms with E-state index in [1.54, 1.807) is 0 Å². The lowest BCUT2D eigenvalue weighted by molar-refractivity contribution is 0.0548. The van der Waals surface area contributed by atoms with Crippen LogP contribution in [-0.4, -0.2) is 66.9 Å². The van der Waals surface area contributed by atoms with Crippen molar-refractivity contribution in [3.8, 4) is 5.75 Å². The molecule has 2 aliphatic rings. The number of rotatable bonds is 6. The highest BCUT2D eigenvalue weighted by Crippen LogP contribution is 2.29. The molecule has 3 rings (SSSR count). The van der Waals surface area contributed by atoms with Gasteiger partial charge < -0.3 is 9.84 Å². The summed E-state index contributed by atoms with van der Waals surface area (Å²) < 4.78 is 5.88. The van der Waals surface area contributed by atoms with Crippen LogP contribution < -0.4 is 4.74 Å². The SMILES string of the molecule is CC(C)CN1CCN(CC2=Cc3cc(Cl)ccc3OC2)C[C@@H]1CCO. The summed E-state index contributed by atoms with van der Waals surface area (Å²) in [7, 11) is 0. The van der Waals surface area contributed by atoms with E-state index in [1.165, 1.54) is 5.57 Å². The van der Waals surface area contributed by atoms with Crippen molar-refractivity contribution < 1.29 is 9.84 Å². The molecule has 1 saturated heterocycles. The predicted octanol–water partition coefficient (Wildman–Crippen LogP) is 3.14. The maximum Gasteiger partial charge on any atom is 0.127 e. The van der Waals surface area contributed by atoms with Crippen molar-refractivity contribution in [2.24, 2.45) is 5.92 Å². The highest BCUT2D eigenvalue weighted by molar-refractivity contribution is 6.30. The van der Waals surface area contributed by atoms with Crippen LogP contribution in [-0.2, 0) is 0 Å². The molecule has 2 aliphatic heterocycles. The Balaban J connectivity index is 1.63. The van der Waals surface area contributed by atoms with Crippen LogP contribution in [0.1, 0.15) is 25.8 Å². The van der Waals surface area contributed by atoms with Crippen LogP contribution >= 0.6 is 11.6 Å². The molecular weight excluding hydrogens is 336 g/mol. The van der Waals surface area contributed by atoms with Gasteiger partial charge in [0.2, 0.25) is 0 Å². The summed E-state index contributed by atoms with van der Waals surface area (Å²) in [6.07, 6.45) is 3.06. The van der Waals surface area contributed by atoms with Gasteiger partial charge in [0.15, 0.2) is 0 Å². The van der Waals surface area contributed by atoms with Crippen molar-refractivity contribution in [1.82, 2.24) is 9.80 Å². The van der Waals surface area contributed by atoms with Crippen molar-refractivity contribution in [2.75, 3.05) is 45.9 Å². The zero-order valence-electron chi connectivity index (χ0n) is 15.2. The number of nitrogens with zero attached hydrogens (tertiary/aromatic N) is 2. The number of piperazine rings is 1. The van der Waals surface area contributed by atoms with Gasteiger partial charge in [0.1, 0.15) is 12.4 Å². The van der Waals surface area contributed by atoms with Gasteiger partial charge in [-0.1, -0.05) is 25.4 Å². The number of aliphatic hydroxyl groups is 1. The fourth-order valence-corrected chi connectivity index (χ4v) is 3.99. The summed E-state index contributed by atoms with van der Waals surface area (Å²) in [6, 6.07) is 6.21. The predicted molar refractivity (Wildman–Crippen MR) is 103 cm³/mol. The van der Waals surface area contributed by atoms with E-state index < -0.39 is 0 Å². The Morgan fingerprint density at radius 3 is 2.92 bits per heavy atom. The quantitative estimate of drug-likeness (QED) is 0.841. The highest BCUT2D eigenvalue weighted by atomic mass is 35.5. The summed E-state index contributed by atoms with van der Waals surface area (Å²) in [5, 5.41) is 10.2. The largest absolute Gasteiger partial charge is 0.489 e. The van der Waals surface area contributed by atoms with Crippen LogP contribution in [0.2, 0.25) is 5.02 Å². The molecule has 0 aliphatic carbocycles. The van der Waals surface area contributed by atoms with Gasteiger partial charge in [0.05, 0.1) is 0 Å². The third kappa shape index (κ3) is 4.98. The molecule has 0 radical (unpaired) electrons. The lowest BCUT2D eigenvalue weighted by atomic mass is 10.0. The van der Waals surface area contributed by atoms with Gasteiger partial charge in [-0.15, -0.1) is 0 Å². The van der Waals surface area contributed by atoms with Crippen molar-refractivity contribution >= 4 is 17.7 Å². The highest BCUT2D eigenvalue weighted by Gasteiger charge is 2.27. The summed E-state index contributed by atoms with van der Waals surface area (Å²) in [6.45, 7) is 10.6. The van der Waals surface area contributed by atoms with E-state index in [0.29, 0.717) is 18.6 Å². The molecule has 0 aromatic heterocycles. The molecule has 1 aromatic carbocycles. The molecule has 0 unspecified atom stereocenters. The van der Waals surface area contributed by atoms with Crippen molar-refractivity contribution in [1.29, 1.82) is 0 Å². The number of benzene rings is 1. The molecule has 5 heteroatoms. The van der Waals surface area contributed by atoms with Crippen LogP contribution in [0.25, 0.3) is 6.08 Å². The van der Waals surface area contributed by atoms with E-state index in [4.69, 9.17) is 16.3 Å². The van der Waals surface area contributed by atoms with Crippen LogP contribution in [0.15, 0.2) is 23.8 Å². The molecule has 1 atom stereocenters. The number of hydrogen-bond donors (Lipinski definition) is 1. The minimum atomic E-state index is 0.255. The molecule has 2 heterocycles. The van der Waals surface area contributed by atoms with Crippen LogP contribution in [0, 0.1) is 5.92 Å². The molecule has 1 aromatic rings. The van der Waals surface area contributed by atoms with Gasteiger partial charge in [0.25, 0.3) is 0 Å². The molecule has 0 saturated carbocycles. The molecule has 0 amide bonds. The number of hydrogen-bond acceptors (Lipinski definition) is 4. The number of ether oxygens (including phenoxy) is 1. The van der Waals surface area contributed by atoms with Gasteiger partial charge in [-0.25, -0.2) is 0 Å². The second kappa shape index (κ2) is 8.54. The first-order chi connectivity index (χ1) is 12.0. The van der Waals surface area contributed by atoms with Gasteiger partial charge >= 0.3 is 0 Å². The molecule has 4 nitrogen and oxygen atoms in total. The van der Waals surface area contributed by atoms with Crippen molar-refractivity contribution in [3.05, 3.63) is 34.4 Å². The van der Waals surface area contributed by atoms with Gasteiger partial charge in [-0.05, 0) is 42.2 Å². The summed E-state index contributed by atoms with van der Waals surface area (Å²) in [5.74, 6) is 1.57. The first-order valence-electron chi connectivity index (χ1n) is 9.24. The third-order valence-corrected chi connectivity index (χ3v) is 5.16. The molecule has 138 valence electrons. The summed E-state index contributed by atoms with van der Waals surface area (Å²) in [4.78, 5) is 5.03. The van der Waals surface area contributed by atoms with Crippen molar-refractivity contribution in [3.63, 3.8) is 0 Å².